The second-order valence-electron chi connectivity index (χ2n) is 3.39. The maximum Gasteiger partial charge on any atom is 0.330 e. The molecule has 0 fully saturated rings. The number of aliphatic carboxylic acids is 1. The summed E-state index contributed by atoms with van der Waals surface area (Å²) in [5.74, 6) is -3.88. The van der Waals surface area contributed by atoms with Crippen molar-refractivity contribution in [3.8, 4) is 11.5 Å². The lowest BCUT2D eigenvalue weighted by Crippen LogP contribution is -2.20. The van der Waals surface area contributed by atoms with Crippen molar-refractivity contribution in [3.63, 3.8) is 0 Å². The summed E-state index contributed by atoms with van der Waals surface area (Å²) < 4.78 is 30.7. The molecule has 0 bridgehead atoms. The van der Waals surface area contributed by atoms with Crippen molar-refractivity contribution in [2.45, 2.75) is 6.04 Å². The van der Waals surface area contributed by atoms with E-state index >= 15 is 0 Å². The van der Waals surface area contributed by atoms with Crippen LogP contribution in [-0.4, -0.2) is 21.3 Å². The van der Waals surface area contributed by atoms with Crippen LogP contribution in [-0.2, 0) is 4.79 Å². The van der Waals surface area contributed by atoms with Gasteiger partial charge in [0.25, 0.3) is 0 Å². The van der Waals surface area contributed by atoms with Crippen molar-refractivity contribution in [3.05, 3.63) is 35.7 Å². The SMILES string of the molecule is NC(C(=O)O)c1nnc(-c2ccc(F)c(F)c2)o1. The maximum atomic E-state index is 13.0. The summed E-state index contributed by atoms with van der Waals surface area (Å²) in [5.41, 5.74) is 5.38. The molecule has 6 nitrogen and oxygen atoms in total. The summed E-state index contributed by atoms with van der Waals surface area (Å²) in [7, 11) is 0. The largest absolute Gasteiger partial charge is 0.480 e. The molecule has 94 valence electrons. The quantitative estimate of drug-likeness (QED) is 0.851. The van der Waals surface area contributed by atoms with Gasteiger partial charge in [0.15, 0.2) is 17.7 Å². The first-order chi connectivity index (χ1) is 8.49. The Morgan fingerprint density at radius 2 is 2.06 bits per heavy atom. The van der Waals surface area contributed by atoms with Gasteiger partial charge >= 0.3 is 5.97 Å². The maximum absolute atomic E-state index is 13.0. The fourth-order valence-electron chi connectivity index (χ4n) is 1.21. The van der Waals surface area contributed by atoms with Crippen LogP contribution < -0.4 is 5.73 Å². The molecule has 0 saturated heterocycles. The fourth-order valence-corrected chi connectivity index (χ4v) is 1.21. The summed E-state index contributed by atoms with van der Waals surface area (Å²) in [6.45, 7) is 0. The van der Waals surface area contributed by atoms with Crippen molar-refractivity contribution in [2.24, 2.45) is 5.73 Å². The van der Waals surface area contributed by atoms with Gasteiger partial charge in [-0.1, -0.05) is 0 Å². The molecule has 0 aliphatic heterocycles. The Bertz CT molecular complexity index is 600. The molecule has 1 aromatic carbocycles. The molecule has 1 aromatic heterocycles. The third-order valence-corrected chi connectivity index (χ3v) is 2.14. The smallest absolute Gasteiger partial charge is 0.330 e. The Morgan fingerprint density at radius 3 is 2.67 bits per heavy atom. The normalized spacial score (nSPS) is 12.4. The number of carbonyl (C=O) groups is 1. The summed E-state index contributed by atoms with van der Waals surface area (Å²) in [5, 5.41) is 15.6. The Labute approximate surface area is 99.0 Å². The van der Waals surface area contributed by atoms with Crippen LogP contribution in [0.15, 0.2) is 22.6 Å². The monoisotopic (exact) mass is 255 g/mol. The number of rotatable bonds is 3. The molecule has 0 radical (unpaired) electrons. The molecular weight excluding hydrogens is 248 g/mol. The Kier molecular flexibility index (Phi) is 3.02. The van der Waals surface area contributed by atoms with Gasteiger partial charge in [-0.05, 0) is 18.2 Å². The first-order valence-corrected chi connectivity index (χ1v) is 4.76. The minimum absolute atomic E-state index is 0.130. The van der Waals surface area contributed by atoms with E-state index in [9.17, 15) is 13.6 Å². The highest BCUT2D eigenvalue weighted by Gasteiger charge is 2.22. The van der Waals surface area contributed by atoms with E-state index in [-0.39, 0.29) is 17.3 Å². The van der Waals surface area contributed by atoms with E-state index in [2.05, 4.69) is 10.2 Å². The fraction of sp³-hybridized carbons (Fsp3) is 0.100. The van der Waals surface area contributed by atoms with Crippen LogP contribution in [0, 0.1) is 11.6 Å². The first-order valence-electron chi connectivity index (χ1n) is 4.76. The van der Waals surface area contributed by atoms with E-state index in [0.29, 0.717) is 0 Å². The first kappa shape index (κ1) is 12.1. The second kappa shape index (κ2) is 4.49. The number of benzene rings is 1. The lowest BCUT2D eigenvalue weighted by Gasteiger charge is -1.99. The highest BCUT2D eigenvalue weighted by Crippen LogP contribution is 2.21. The summed E-state index contributed by atoms with van der Waals surface area (Å²) in [4.78, 5) is 10.6. The van der Waals surface area contributed by atoms with Crippen molar-refractivity contribution >= 4 is 5.97 Å². The van der Waals surface area contributed by atoms with Gasteiger partial charge in [-0.15, -0.1) is 10.2 Å². The van der Waals surface area contributed by atoms with E-state index in [1.165, 1.54) is 6.07 Å². The molecular formula is C10H7F2N3O3. The van der Waals surface area contributed by atoms with Gasteiger partial charge in [-0.25, -0.2) is 13.6 Å². The average Bonchev–Trinajstić information content (AvgIpc) is 2.81. The van der Waals surface area contributed by atoms with Gasteiger partial charge in [-0.3, -0.25) is 0 Å². The zero-order valence-corrected chi connectivity index (χ0v) is 8.80. The number of aromatic nitrogens is 2. The van der Waals surface area contributed by atoms with Gasteiger partial charge < -0.3 is 15.3 Å². The van der Waals surface area contributed by atoms with Crippen LogP contribution in [0.5, 0.6) is 0 Å². The molecule has 0 aliphatic carbocycles. The van der Waals surface area contributed by atoms with Gasteiger partial charge in [-0.2, -0.15) is 0 Å². The van der Waals surface area contributed by atoms with E-state index in [0.717, 1.165) is 12.1 Å². The highest BCUT2D eigenvalue weighted by molar-refractivity contribution is 5.73. The number of hydrogen-bond acceptors (Lipinski definition) is 5. The molecule has 0 saturated carbocycles. The van der Waals surface area contributed by atoms with Crippen LogP contribution in [0.2, 0.25) is 0 Å². The average molecular weight is 255 g/mol. The highest BCUT2D eigenvalue weighted by atomic mass is 19.2. The number of carboxylic acid groups (broad SMARTS) is 1. The van der Waals surface area contributed by atoms with E-state index < -0.39 is 23.6 Å². The Morgan fingerprint density at radius 1 is 1.33 bits per heavy atom. The van der Waals surface area contributed by atoms with Crippen molar-refractivity contribution in [2.75, 3.05) is 0 Å². The van der Waals surface area contributed by atoms with Crippen LogP contribution in [0.1, 0.15) is 11.9 Å². The third-order valence-electron chi connectivity index (χ3n) is 2.14. The molecule has 1 unspecified atom stereocenters. The Balaban J connectivity index is 2.35. The molecule has 0 amide bonds. The number of nitrogens with two attached hydrogens (primary N) is 1. The molecule has 8 heteroatoms. The van der Waals surface area contributed by atoms with Crippen molar-refractivity contribution < 1.29 is 23.1 Å². The molecule has 3 N–H and O–H groups in total. The van der Waals surface area contributed by atoms with Crippen molar-refractivity contribution in [1.29, 1.82) is 0 Å². The number of nitrogens with zero attached hydrogens (tertiary/aromatic N) is 2. The van der Waals surface area contributed by atoms with Crippen LogP contribution in [0.4, 0.5) is 8.78 Å². The van der Waals surface area contributed by atoms with Crippen LogP contribution in [0.25, 0.3) is 11.5 Å². The van der Waals surface area contributed by atoms with Crippen LogP contribution >= 0.6 is 0 Å². The topological polar surface area (TPSA) is 102 Å². The number of halogens is 2. The summed E-state index contributed by atoms with van der Waals surface area (Å²) in [6, 6.07) is 1.52. The lowest BCUT2D eigenvalue weighted by atomic mass is 10.2. The van der Waals surface area contributed by atoms with E-state index in [1.807, 2.05) is 0 Å². The summed E-state index contributed by atoms with van der Waals surface area (Å²) >= 11 is 0. The molecule has 2 rings (SSSR count). The zero-order chi connectivity index (χ0) is 13.3. The molecule has 0 aliphatic rings. The van der Waals surface area contributed by atoms with Gasteiger partial charge in [0.1, 0.15) is 0 Å². The molecule has 2 aromatic rings. The predicted octanol–water partition coefficient (Wildman–Crippen LogP) is 1.10. The van der Waals surface area contributed by atoms with Gasteiger partial charge in [0, 0.05) is 5.56 Å². The molecule has 1 heterocycles. The predicted molar refractivity (Wildman–Crippen MR) is 54.2 cm³/mol. The minimum atomic E-state index is -1.46. The minimum Gasteiger partial charge on any atom is -0.480 e. The van der Waals surface area contributed by atoms with E-state index in [4.69, 9.17) is 15.3 Å². The Hall–Kier alpha value is -2.35. The lowest BCUT2D eigenvalue weighted by molar-refractivity contribution is -0.139. The van der Waals surface area contributed by atoms with Crippen molar-refractivity contribution in [1.82, 2.24) is 10.2 Å². The van der Waals surface area contributed by atoms with Crippen LogP contribution in [0.3, 0.4) is 0 Å². The second-order valence-corrected chi connectivity index (χ2v) is 3.39. The molecule has 18 heavy (non-hydrogen) atoms. The van der Waals surface area contributed by atoms with E-state index in [1.54, 1.807) is 0 Å². The zero-order valence-electron chi connectivity index (χ0n) is 8.80. The standard InChI is InChI=1S/C10H7F2N3O3/c11-5-2-1-4(3-6(5)12)8-14-15-9(18-8)7(13)10(16)17/h1-3,7H,13H2,(H,16,17). The van der Waals surface area contributed by atoms with Gasteiger partial charge in [0.05, 0.1) is 0 Å². The molecule has 1 atom stereocenters. The number of carboxylic acids is 1. The summed E-state index contributed by atoms with van der Waals surface area (Å²) in [6.07, 6.45) is 0. The van der Waals surface area contributed by atoms with Gasteiger partial charge in [0.2, 0.25) is 11.8 Å². The molecule has 0 spiro atoms. The third kappa shape index (κ3) is 2.18. The number of hydrogen-bond donors (Lipinski definition) is 2.